The second-order valence-electron chi connectivity index (χ2n) is 11.8. The molecule has 3 aromatic rings. The summed E-state index contributed by atoms with van der Waals surface area (Å²) in [4.78, 5) is 33.8. The van der Waals surface area contributed by atoms with Crippen LogP contribution in [0.25, 0.3) is 10.6 Å². The first-order valence-electron chi connectivity index (χ1n) is 13.8. The highest BCUT2D eigenvalue weighted by molar-refractivity contribution is 7.91. The summed E-state index contributed by atoms with van der Waals surface area (Å²) in [7, 11) is -4.00. The number of nitrogens with one attached hydrogen (secondary N) is 1. The Kier molecular flexibility index (Phi) is 8.94. The number of rotatable bonds is 3. The standard InChI is InChI=1S/C28H26ClF6N5O5S2/c1-26(2,3)45-25(42)40-6-7-47(43,44)21-10-19(46-20(21)13-40)22-16(27(30,31)32)11-36-24(38-22)37-18-9-14-4-5-39(23(41)28(33,34)35)12-15(14)8-17(18)29/h8-11H,4-7,12-13H2,1-3H3,(H,36,37,38). The number of ether oxygens (including phenoxy) is 1. The largest absolute Gasteiger partial charge is 0.471 e. The SMILES string of the molecule is CC(C)(C)OC(=O)N1CCS(=O)(=O)c2cc(-c3nc(Nc4cc5c(cc4Cl)CN(C(=O)C(F)(F)F)CC5)ncc3C(F)(F)F)sc2C1. The lowest BCUT2D eigenvalue weighted by Crippen LogP contribution is -2.43. The molecule has 2 aromatic heterocycles. The minimum absolute atomic E-state index is 0.0220. The summed E-state index contributed by atoms with van der Waals surface area (Å²) >= 11 is 7.08. The number of fused-ring (bicyclic) bond motifs is 2. The van der Waals surface area contributed by atoms with Gasteiger partial charge in [-0.3, -0.25) is 4.79 Å². The Hall–Kier alpha value is -3.64. The maximum Gasteiger partial charge on any atom is 0.471 e. The van der Waals surface area contributed by atoms with E-state index < -0.39 is 56.8 Å². The lowest BCUT2D eigenvalue weighted by molar-refractivity contribution is -0.186. The summed E-state index contributed by atoms with van der Waals surface area (Å²) in [5.74, 6) is -2.79. The third kappa shape index (κ3) is 7.59. The van der Waals surface area contributed by atoms with Gasteiger partial charge < -0.3 is 19.9 Å². The first-order chi connectivity index (χ1) is 21.6. The molecule has 2 aliphatic heterocycles. The third-order valence-corrected chi connectivity index (χ3v) is 10.4. The Morgan fingerprint density at radius 2 is 1.70 bits per heavy atom. The molecule has 1 aromatic carbocycles. The van der Waals surface area contributed by atoms with Gasteiger partial charge in [0.1, 0.15) is 11.2 Å². The molecule has 2 aliphatic rings. The van der Waals surface area contributed by atoms with Crippen LogP contribution in [0, 0.1) is 0 Å². The van der Waals surface area contributed by atoms with Gasteiger partial charge in [-0.25, -0.2) is 23.2 Å². The minimum Gasteiger partial charge on any atom is -0.444 e. The van der Waals surface area contributed by atoms with Gasteiger partial charge in [0.25, 0.3) is 0 Å². The van der Waals surface area contributed by atoms with Crippen molar-refractivity contribution >= 4 is 56.4 Å². The Morgan fingerprint density at radius 1 is 1.00 bits per heavy atom. The van der Waals surface area contributed by atoms with E-state index >= 15 is 0 Å². The van der Waals surface area contributed by atoms with Crippen LogP contribution in [0.3, 0.4) is 0 Å². The molecule has 10 nitrogen and oxygen atoms in total. The van der Waals surface area contributed by atoms with Gasteiger partial charge in [-0.1, -0.05) is 11.6 Å². The van der Waals surface area contributed by atoms with Crippen LogP contribution < -0.4 is 5.32 Å². The highest BCUT2D eigenvalue weighted by Crippen LogP contribution is 2.42. The summed E-state index contributed by atoms with van der Waals surface area (Å²) in [5.41, 5.74) is -1.68. The molecule has 4 heterocycles. The van der Waals surface area contributed by atoms with Crippen molar-refractivity contribution in [1.29, 1.82) is 0 Å². The zero-order chi connectivity index (χ0) is 34.7. The molecule has 5 rings (SSSR count). The van der Waals surface area contributed by atoms with E-state index in [0.29, 0.717) is 22.2 Å². The molecule has 254 valence electrons. The van der Waals surface area contributed by atoms with Gasteiger partial charge in [-0.05, 0) is 56.5 Å². The molecule has 0 radical (unpaired) electrons. The van der Waals surface area contributed by atoms with E-state index in [0.717, 1.165) is 17.4 Å². The second kappa shape index (κ2) is 12.1. The molecule has 1 N–H and O–H groups in total. The van der Waals surface area contributed by atoms with Crippen LogP contribution in [0.4, 0.5) is 42.8 Å². The van der Waals surface area contributed by atoms with Gasteiger partial charge in [0.15, 0.2) is 9.84 Å². The van der Waals surface area contributed by atoms with E-state index in [9.17, 15) is 44.3 Å². The predicted octanol–water partition coefficient (Wildman–Crippen LogP) is 6.59. The van der Waals surface area contributed by atoms with Crippen LogP contribution in [-0.2, 0) is 45.1 Å². The molecule has 0 saturated heterocycles. The Balaban J connectivity index is 1.48. The van der Waals surface area contributed by atoms with Gasteiger partial charge in [-0.15, -0.1) is 11.3 Å². The number of carbonyl (C=O) groups is 2. The minimum atomic E-state index is -5.04. The van der Waals surface area contributed by atoms with E-state index in [4.69, 9.17) is 16.3 Å². The van der Waals surface area contributed by atoms with Crippen molar-refractivity contribution < 1.29 is 49.1 Å². The number of sulfone groups is 1. The zero-order valence-electron chi connectivity index (χ0n) is 24.8. The monoisotopic (exact) mass is 725 g/mol. The topological polar surface area (TPSA) is 122 Å². The predicted molar refractivity (Wildman–Crippen MR) is 159 cm³/mol. The molecule has 0 aliphatic carbocycles. The van der Waals surface area contributed by atoms with Crippen molar-refractivity contribution in [2.45, 2.75) is 63.1 Å². The number of carbonyl (C=O) groups excluding carboxylic acids is 2. The molecule has 0 saturated carbocycles. The molecule has 0 bridgehead atoms. The number of amides is 2. The number of aromatic nitrogens is 2. The van der Waals surface area contributed by atoms with Crippen molar-refractivity contribution in [3.63, 3.8) is 0 Å². The average Bonchev–Trinajstić information content (AvgIpc) is 3.33. The van der Waals surface area contributed by atoms with Crippen molar-refractivity contribution in [3.8, 4) is 10.6 Å². The first kappa shape index (κ1) is 34.7. The van der Waals surface area contributed by atoms with E-state index in [1.54, 1.807) is 20.8 Å². The summed E-state index contributed by atoms with van der Waals surface area (Å²) in [6, 6.07) is 3.92. The number of anilines is 2. The van der Waals surface area contributed by atoms with Gasteiger partial charge in [0, 0.05) is 30.7 Å². The Labute approximate surface area is 273 Å². The molecule has 47 heavy (non-hydrogen) atoms. The summed E-state index contributed by atoms with van der Waals surface area (Å²) in [6.45, 7) is 3.96. The van der Waals surface area contributed by atoms with Gasteiger partial charge >= 0.3 is 24.4 Å². The third-order valence-electron chi connectivity index (χ3n) is 7.13. The van der Waals surface area contributed by atoms with E-state index in [-0.39, 0.29) is 63.9 Å². The normalized spacial score (nSPS) is 16.6. The van der Waals surface area contributed by atoms with Crippen LogP contribution in [-0.4, -0.2) is 70.8 Å². The highest BCUT2D eigenvalue weighted by Gasteiger charge is 2.43. The van der Waals surface area contributed by atoms with Crippen LogP contribution in [0.5, 0.6) is 0 Å². The summed E-state index contributed by atoms with van der Waals surface area (Å²) in [6.07, 6.45) is -10.2. The van der Waals surface area contributed by atoms with Crippen LogP contribution in [0.15, 0.2) is 29.3 Å². The maximum absolute atomic E-state index is 14.1. The van der Waals surface area contributed by atoms with Crippen molar-refractivity contribution in [1.82, 2.24) is 19.8 Å². The average molecular weight is 726 g/mol. The number of benzene rings is 1. The number of thiophene rings is 1. The molecule has 0 fully saturated rings. The molecule has 0 spiro atoms. The van der Waals surface area contributed by atoms with Crippen LogP contribution >= 0.6 is 22.9 Å². The van der Waals surface area contributed by atoms with Crippen molar-refractivity contribution in [2.24, 2.45) is 0 Å². The summed E-state index contributed by atoms with van der Waals surface area (Å²) in [5, 5.41) is 2.71. The number of halogens is 7. The number of hydrogen-bond acceptors (Lipinski definition) is 9. The fraction of sp³-hybridized carbons (Fsp3) is 0.429. The van der Waals surface area contributed by atoms with Gasteiger partial charge in [0.05, 0.1) is 38.5 Å². The lowest BCUT2D eigenvalue weighted by Gasteiger charge is -2.30. The molecular formula is C28H26ClF6N5O5S2. The number of alkyl halides is 6. The zero-order valence-corrected chi connectivity index (χ0v) is 27.2. The lowest BCUT2D eigenvalue weighted by atomic mass is 9.99. The number of nitrogens with zero attached hydrogens (tertiary/aromatic N) is 4. The highest BCUT2D eigenvalue weighted by atomic mass is 35.5. The van der Waals surface area contributed by atoms with Crippen LogP contribution in [0.1, 0.15) is 42.3 Å². The molecule has 0 atom stereocenters. The maximum atomic E-state index is 14.1. The quantitative estimate of drug-likeness (QED) is 0.300. The Morgan fingerprint density at radius 3 is 2.34 bits per heavy atom. The molecule has 0 unspecified atom stereocenters. The van der Waals surface area contributed by atoms with Crippen molar-refractivity contribution in [3.05, 3.63) is 51.0 Å². The molecular weight excluding hydrogens is 700 g/mol. The van der Waals surface area contributed by atoms with E-state index in [1.165, 1.54) is 17.0 Å². The molecule has 2 amide bonds. The smallest absolute Gasteiger partial charge is 0.444 e. The first-order valence-corrected chi connectivity index (χ1v) is 16.7. The van der Waals surface area contributed by atoms with E-state index in [1.807, 2.05) is 0 Å². The fourth-order valence-corrected chi connectivity index (χ4v) is 8.24. The van der Waals surface area contributed by atoms with Gasteiger partial charge in [0.2, 0.25) is 5.95 Å². The summed E-state index contributed by atoms with van der Waals surface area (Å²) < 4.78 is 113. The van der Waals surface area contributed by atoms with Crippen molar-refractivity contribution in [2.75, 3.05) is 24.2 Å². The number of hydrogen-bond donors (Lipinski definition) is 1. The molecule has 19 heteroatoms. The van der Waals surface area contributed by atoms with E-state index in [2.05, 4.69) is 15.3 Å². The van der Waals surface area contributed by atoms with Gasteiger partial charge in [-0.2, -0.15) is 26.3 Å². The second-order valence-corrected chi connectivity index (χ2v) is 15.4. The fourth-order valence-electron chi connectivity index (χ4n) is 4.96. The Bertz CT molecular complexity index is 1860. The van der Waals surface area contributed by atoms with Crippen LogP contribution in [0.2, 0.25) is 5.02 Å².